The normalized spacial score (nSPS) is 11.6. The van der Waals surface area contributed by atoms with Gasteiger partial charge in [-0.2, -0.15) is 0 Å². The van der Waals surface area contributed by atoms with Crippen molar-refractivity contribution in [3.63, 3.8) is 0 Å². The number of anilines is 2. The molecule has 0 radical (unpaired) electrons. The number of amides is 1. The van der Waals surface area contributed by atoms with Gasteiger partial charge in [-0.05, 0) is 37.6 Å². The van der Waals surface area contributed by atoms with Crippen LogP contribution in [0.5, 0.6) is 0 Å². The highest BCUT2D eigenvalue weighted by Gasteiger charge is 2.20. The molecule has 10 heteroatoms. The molecule has 2 aromatic heterocycles. The van der Waals surface area contributed by atoms with Gasteiger partial charge < -0.3 is 15.7 Å². The first kappa shape index (κ1) is 22.5. The SMILES string of the molecule is Cc1cc(C)nc(NC(Cc2ccc(NC(=O)c3c(Cl)cncc3Cl)cc2)C(=O)O)n1. The van der Waals surface area contributed by atoms with E-state index in [0.29, 0.717) is 5.69 Å². The fourth-order valence-electron chi connectivity index (χ4n) is 2.93. The fourth-order valence-corrected chi connectivity index (χ4v) is 3.46. The molecule has 1 atom stereocenters. The molecule has 0 aliphatic heterocycles. The van der Waals surface area contributed by atoms with Crippen molar-refractivity contribution >= 4 is 46.7 Å². The summed E-state index contributed by atoms with van der Waals surface area (Å²) in [4.78, 5) is 36.4. The summed E-state index contributed by atoms with van der Waals surface area (Å²) in [5, 5.41) is 15.4. The van der Waals surface area contributed by atoms with Crippen LogP contribution in [0.15, 0.2) is 42.7 Å². The van der Waals surface area contributed by atoms with E-state index in [1.54, 1.807) is 30.3 Å². The second-order valence-electron chi connectivity index (χ2n) is 6.84. The molecule has 3 rings (SSSR count). The van der Waals surface area contributed by atoms with Gasteiger partial charge in [0.2, 0.25) is 5.95 Å². The number of rotatable bonds is 7. The minimum atomic E-state index is -1.03. The van der Waals surface area contributed by atoms with Crippen LogP contribution in [-0.4, -0.2) is 38.0 Å². The Balaban J connectivity index is 1.69. The molecule has 31 heavy (non-hydrogen) atoms. The second-order valence-corrected chi connectivity index (χ2v) is 7.66. The molecule has 0 saturated carbocycles. The van der Waals surface area contributed by atoms with E-state index in [-0.39, 0.29) is 28.0 Å². The van der Waals surface area contributed by atoms with Crippen molar-refractivity contribution < 1.29 is 14.7 Å². The number of hydrogen-bond acceptors (Lipinski definition) is 6. The highest BCUT2D eigenvalue weighted by Crippen LogP contribution is 2.24. The molecule has 0 aliphatic rings. The number of pyridine rings is 1. The Bertz CT molecular complexity index is 1080. The van der Waals surface area contributed by atoms with E-state index in [0.717, 1.165) is 17.0 Å². The molecule has 0 saturated heterocycles. The molecule has 1 unspecified atom stereocenters. The summed E-state index contributed by atoms with van der Waals surface area (Å²) < 4.78 is 0. The standard InChI is InChI=1S/C21H19Cl2N5O3/c1-11-7-12(2)26-21(25-11)28-17(20(30)31)8-13-3-5-14(6-4-13)27-19(29)18-15(22)9-24-10-16(18)23/h3-7,9-10,17H,8H2,1-2H3,(H,27,29)(H,30,31)(H,25,26,28). The van der Waals surface area contributed by atoms with E-state index in [2.05, 4.69) is 25.6 Å². The van der Waals surface area contributed by atoms with Crippen molar-refractivity contribution in [2.45, 2.75) is 26.3 Å². The predicted octanol–water partition coefficient (Wildman–Crippen LogP) is 4.16. The number of nitrogens with zero attached hydrogens (tertiary/aromatic N) is 3. The van der Waals surface area contributed by atoms with Gasteiger partial charge in [0.1, 0.15) is 6.04 Å². The van der Waals surface area contributed by atoms with Gasteiger partial charge in [0.15, 0.2) is 0 Å². The second kappa shape index (κ2) is 9.72. The number of aryl methyl sites for hydroxylation is 2. The predicted molar refractivity (Wildman–Crippen MR) is 119 cm³/mol. The average Bonchev–Trinajstić information content (AvgIpc) is 2.68. The van der Waals surface area contributed by atoms with Gasteiger partial charge in [0.05, 0.1) is 15.6 Å². The average molecular weight is 460 g/mol. The van der Waals surface area contributed by atoms with Crippen molar-refractivity contribution in [2.24, 2.45) is 0 Å². The van der Waals surface area contributed by atoms with Crippen LogP contribution in [0.1, 0.15) is 27.3 Å². The van der Waals surface area contributed by atoms with Gasteiger partial charge in [-0.25, -0.2) is 14.8 Å². The lowest BCUT2D eigenvalue weighted by atomic mass is 10.1. The largest absolute Gasteiger partial charge is 0.480 e. The third-order valence-corrected chi connectivity index (χ3v) is 4.89. The number of benzene rings is 1. The van der Waals surface area contributed by atoms with Crippen LogP contribution >= 0.6 is 23.2 Å². The molecule has 0 spiro atoms. The monoisotopic (exact) mass is 459 g/mol. The molecule has 0 aliphatic carbocycles. The molecule has 2 heterocycles. The summed E-state index contributed by atoms with van der Waals surface area (Å²) in [5.74, 6) is -1.23. The molecular formula is C21H19Cl2N5O3. The van der Waals surface area contributed by atoms with Crippen LogP contribution in [0.2, 0.25) is 10.0 Å². The lowest BCUT2D eigenvalue weighted by molar-refractivity contribution is -0.137. The Morgan fingerprint density at radius 2 is 1.61 bits per heavy atom. The summed E-state index contributed by atoms with van der Waals surface area (Å²) in [6.07, 6.45) is 2.87. The molecule has 1 aromatic carbocycles. The minimum absolute atomic E-state index is 0.131. The summed E-state index contributed by atoms with van der Waals surface area (Å²) in [7, 11) is 0. The zero-order valence-electron chi connectivity index (χ0n) is 16.7. The van der Waals surface area contributed by atoms with Gasteiger partial charge in [-0.1, -0.05) is 35.3 Å². The Morgan fingerprint density at radius 1 is 1.03 bits per heavy atom. The number of nitrogens with one attached hydrogen (secondary N) is 2. The number of aliphatic carboxylic acids is 1. The Hall–Kier alpha value is -3.23. The highest BCUT2D eigenvalue weighted by atomic mass is 35.5. The Morgan fingerprint density at radius 3 is 2.16 bits per heavy atom. The summed E-state index contributed by atoms with van der Waals surface area (Å²) in [6, 6.07) is 7.68. The van der Waals surface area contributed by atoms with Crippen LogP contribution < -0.4 is 10.6 Å². The molecule has 1 amide bonds. The third-order valence-electron chi connectivity index (χ3n) is 4.32. The quantitative estimate of drug-likeness (QED) is 0.485. The van der Waals surface area contributed by atoms with Crippen molar-refractivity contribution in [1.82, 2.24) is 15.0 Å². The van der Waals surface area contributed by atoms with Gasteiger partial charge in [-0.15, -0.1) is 0 Å². The number of carbonyl (C=O) groups excluding carboxylic acids is 1. The molecule has 3 N–H and O–H groups in total. The molecule has 160 valence electrons. The first-order valence-electron chi connectivity index (χ1n) is 9.24. The van der Waals surface area contributed by atoms with E-state index >= 15 is 0 Å². The van der Waals surface area contributed by atoms with E-state index in [1.807, 2.05) is 13.8 Å². The Kier molecular flexibility index (Phi) is 7.04. The number of carboxylic acids is 1. The van der Waals surface area contributed by atoms with E-state index in [4.69, 9.17) is 23.2 Å². The zero-order chi connectivity index (χ0) is 22.5. The number of aromatic nitrogens is 3. The number of hydrogen-bond donors (Lipinski definition) is 3. The van der Waals surface area contributed by atoms with Crippen molar-refractivity contribution in [3.05, 3.63) is 75.3 Å². The van der Waals surface area contributed by atoms with E-state index in [9.17, 15) is 14.7 Å². The molecule has 3 aromatic rings. The van der Waals surface area contributed by atoms with E-state index < -0.39 is 17.9 Å². The van der Waals surface area contributed by atoms with Gasteiger partial charge >= 0.3 is 5.97 Å². The van der Waals surface area contributed by atoms with Crippen LogP contribution in [0.4, 0.5) is 11.6 Å². The maximum Gasteiger partial charge on any atom is 0.326 e. The maximum absolute atomic E-state index is 12.5. The van der Waals surface area contributed by atoms with Gasteiger partial charge in [0, 0.05) is 35.9 Å². The Labute approximate surface area is 188 Å². The molecular weight excluding hydrogens is 441 g/mol. The van der Waals surface area contributed by atoms with Gasteiger partial charge in [0.25, 0.3) is 5.91 Å². The summed E-state index contributed by atoms with van der Waals surface area (Å²) >= 11 is 12.0. The topological polar surface area (TPSA) is 117 Å². The number of carbonyl (C=O) groups is 2. The number of carboxylic acid groups (broad SMARTS) is 1. The van der Waals surface area contributed by atoms with Crippen LogP contribution in [0.25, 0.3) is 0 Å². The van der Waals surface area contributed by atoms with E-state index in [1.165, 1.54) is 12.4 Å². The minimum Gasteiger partial charge on any atom is -0.480 e. The molecule has 8 nitrogen and oxygen atoms in total. The van der Waals surface area contributed by atoms with Crippen molar-refractivity contribution in [2.75, 3.05) is 10.6 Å². The lowest BCUT2D eigenvalue weighted by Crippen LogP contribution is -2.32. The highest BCUT2D eigenvalue weighted by molar-refractivity contribution is 6.40. The fraction of sp³-hybridized carbons (Fsp3) is 0.190. The molecule has 0 fully saturated rings. The first-order valence-corrected chi connectivity index (χ1v) is 9.99. The van der Waals surface area contributed by atoms with Crippen LogP contribution in [0, 0.1) is 13.8 Å². The summed E-state index contributed by atoms with van der Waals surface area (Å²) in [5.41, 5.74) is 2.88. The third kappa shape index (κ3) is 5.90. The van der Waals surface area contributed by atoms with Crippen LogP contribution in [0.3, 0.4) is 0 Å². The zero-order valence-corrected chi connectivity index (χ0v) is 18.2. The van der Waals surface area contributed by atoms with Crippen molar-refractivity contribution in [1.29, 1.82) is 0 Å². The molecule has 0 bridgehead atoms. The lowest BCUT2D eigenvalue weighted by Gasteiger charge is -2.15. The number of halogens is 2. The maximum atomic E-state index is 12.5. The van der Waals surface area contributed by atoms with Gasteiger partial charge in [-0.3, -0.25) is 9.78 Å². The van der Waals surface area contributed by atoms with Crippen molar-refractivity contribution in [3.8, 4) is 0 Å². The summed E-state index contributed by atoms with van der Waals surface area (Å²) in [6.45, 7) is 3.63. The van der Waals surface area contributed by atoms with Crippen LogP contribution in [-0.2, 0) is 11.2 Å². The smallest absolute Gasteiger partial charge is 0.326 e. The first-order chi connectivity index (χ1) is 14.7.